The first-order valence-corrected chi connectivity index (χ1v) is 18.7. The molecule has 0 aliphatic carbocycles. The summed E-state index contributed by atoms with van der Waals surface area (Å²) in [5.74, 6) is -2.14. The molecule has 0 spiro atoms. The first kappa shape index (κ1) is 42.4. The lowest BCUT2D eigenvalue weighted by molar-refractivity contribution is -0.136. The predicted molar refractivity (Wildman–Crippen MR) is 190 cm³/mol. The summed E-state index contributed by atoms with van der Waals surface area (Å²) in [6, 6.07) is 3.93. The summed E-state index contributed by atoms with van der Waals surface area (Å²) < 4.78 is 38.8. The summed E-state index contributed by atoms with van der Waals surface area (Å²) in [7, 11) is 0. The SMILES string of the molecule is CCCCCCCCCCOCCOCCOCCOCCOCCOCCOCCNc1cccc2c1C(=O)N(C1CCC(=O)NC1=O)C2=O. The minimum absolute atomic E-state index is 0.0719. The average Bonchev–Trinajstić information content (AvgIpc) is 3.38. The standard InChI is InChI=1S/C37H59N3O11/c1-2-3-4-5-6-7-8-9-16-45-18-20-47-22-24-49-26-28-51-29-27-50-25-23-48-21-19-46-17-15-38-31-12-10-11-30-34(31)37(44)40(36(30)43)32-13-14-33(41)39-35(32)42/h10-12,32,38H,2-9,13-29H2,1H3,(H,39,41,42). The number of carbonyl (C=O) groups excluding carboxylic acids is 4. The smallest absolute Gasteiger partial charge is 0.264 e. The number of hydrogen-bond acceptors (Lipinski definition) is 12. The quantitative estimate of drug-likeness (QED) is 0.0821. The van der Waals surface area contributed by atoms with Crippen molar-refractivity contribution in [3.63, 3.8) is 0 Å². The number of carbonyl (C=O) groups is 4. The monoisotopic (exact) mass is 721 g/mol. The van der Waals surface area contributed by atoms with Gasteiger partial charge in [-0.2, -0.15) is 0 Å². The van der Waals surface area contributed by atoms with Crippen LogP contribution in [0.15, 0.2) is 18.2 Å². The molecule has 1 aromatic carbocycles. The Morgan fingerprint density at radius 1 is 0.627 bits per heavy atom. The summed E-state index contributed by atoms with van der Waals surface area (Å²) in [4.78, 5) is 50.8. The number of ether oxygens (including phenoxy) is 7. The molecule has 51 heavy (non-hydrogen) atoms. The molecule has 0 saturated carbocycles. The molecule has 14 nitrogen and oxygen atoms in total. The Hall–Kier alpha value is -2.98. The lowest BCUT2D eigenvalue weighted by atomic mass is 10.0. The van der Waals surface area contributed by atoms with E-state index in [9.17, 15) is 19.2 Å². The normalized spacial score (nSPS) is 15.9. The molecule has 288 valence electrons. The third-order valence-electron chi connectivity index (χ3n) is 8.40. The lowest BCUT2D eigenvalue weighted by Crippen LogP contribution is -2.54. The number of nitrogens with one attached hydrogen (secondary N) is 2. The second kappa shape index (κ2) is 26.7. The van der Waals surface area contributed by atoms with Crippen molar-refractivity contribution in [2.45, 2.75) is 77.2 Å². The molecule has 3 rings (SSSR count). The van der Waals surface area contributed by atoms with Gasteiger partial charge in [-0.25, -0.2) is 0 Å². The summed E-state index contributed by atoms with van der Waals surface area (Å²) in [6.07, 6.45) is 10.6. The molecule has 1 aromatic rings. The van der Waals surface area contributed by atoms with Gasteiger partial charge in [-0.3, -0.25) is 29.4 Å². The molecule has 1 fully saturated rings. The van der Waals surface area contributed by atoms with E-state index in [-0.39, 0.29) is 24.0 Å². The van der Waals surface area contributed by atoms with Gasteiger partial charge in [0.15, 0.2) is 0 Å². The maximum atomic E-state index is 13.1. The number of fused-ring (bicyclic) bond motifs is 1. The third kappa shape index (κ3) is 16.5. The van der Waals surface area contributed by atoms with Gasteiger partial charge in [-0.15, -0.1) is 0 Å². The Balaban J connectivity index is 1.05. The highest BCUT2D eigenvalue weighted by Crippen LogP contribution is 2.32. The Morgan fingerprint density at radius 3 is 1.65 bits per heavy atom. The van der Waals surface area contributed by atoms with Crippen molar-refractivity contribution < 1.29 is 52.3 Å². The van der Waals surface area contributed by atoms with Crippen LogP contribution < -0.4 is 10.6 Å². The summed E-state index contributed by atoms with van der Waals surface area (Å²) >= 11 is 0. The number of nitrogens with zero attached hydrogens (tertiary/aromatic N) is 1. The van der Waals surface area contributed by atoms with E-state index in [1.165, 1.54) is 44.9 Å². The molecular weight excluding hydrogens is 662 g/mol. The fourth-order valence-corrected chi connectivity index (χ4v) is 5.68. The van der Waals surface area contributed by atoms with Crippen LogP contribution in [0.2, 0.25) is 0 Å². The molecule has 2 aliphatic rings. The highest BCUT2D eigenvalue weighted by molar-refractivity contribution is 6.25. The van der Waals surface area contributed by atoms with Crippen LogP contribution in [-0.4, -0.2) is 134 Å². The number of anilines is 1. The molecule has 1 saturated heterocycles. The van der Waals surface area contributed by atoms with Crippen molar-refractivity contribution in [2.75, 3.05) is 104 Å². The molecule has 0 radical (unpaired) electrons. The molecule has 2 N–H and O–H groups in total. The van der Waals surface area contributed by atoms with Crippen molar-refractivity contribution in [3.8, 4) is 0 Å². The molecule has 1 atom stereocenters. The molecule has 0 aromatic heterocycles. The van der Waals surface area contributed by atoms with Crippen LogP contribution >= 0.6 is 0 Å². The topological polar surface area (TPSA) is 160 Å². The Bertz CT molecular complexity index is 1170. The van der Waals surface area contributed by atoms with Crippen LogP contribution in [0.5, 0.6) is 0 Å². The van der Waals surface area contributed by atoms with Crippen LogP contribution in [0.4, 0.5) is 5.69 Å². The van der Waals surface area contributed by atoms with Crippen LogP contribution in [0.1, 0.15) is 91.8 Å². The number of unbranched alkanes of at least 4 members (excludes halogenated alkanes) is 7. The molecule has 4 amide bonds. The van der Waals surface area contributed by atoms with Gasteiger partial charge in [0.1, 0.15) is 6.04 Å². The number of hydrogen-bond donors (Lipinski definition) is 2. The Morgan fingerprint density at radius 2 is 1.12 bits per heavy atom. The predicted octanol–water partition coefficient (Wildman–Crippen LogP) is 3.76. The number of benzene rings is 1. The van der Waals surface area contributed by atoms with Crippen molar-refractivity contribution in [3.05, 3.63) is 29.3 Å². The first-order chi connectivity index (χ1) is 25.0. The number of amides is 4. The van der Waals surface area contributed by atoms with Crippen LogP contribution in [0.25, 0.3) is 0 Å². The van der Waals surface area contributed by atoms with Crippen molar-refractivity contribution in [1.82, 2.24) is 10.2 Å². The maximum Gasteiger partial charge on any atom is 0.264 e. The molecule has 0 bridgehead atoms. The van der Waals surface area contributed by atoms with Gasteiger partial charge in [0.05, 0.1) is 97.0 Å². The van der Waals surface area contributed by atoms with E-state index in [1.54, 1.807) is 18.2 Å². The second-order valence-electron chi connectivity index (χ2n) is 12.4. The van der Waals surface area contributed by atoms with Crippen molar-refractivity contribution in [1.29, 1.82) is 0 Å². The molecule has 2 heterocycles. The molecular formula is C37H59N3O11. The van der Waals surface area contributed by atoms with E-state index >= 15 is 0 Å². The second-order valence-corrected chi connectivity index (χ2v) is 12.4. The fourth-order valence-electron chi connectivity index (χ4n) is 5.68. The van der Waals surface area contributed by atoms with Crippen LogP contribution in [0, 0.1) is 0 Å². The zero-order chi connectivity index (χ0) is 36.4. The number of imide groups is 2. The number of piperidine rings is 1. The van der Waals surface area contributed by atoms with Gasteiger partial charge in [0.2, 0.25) is 11.8 Å². The minimum atomic E-state index is -1.00. The van der Waals surface area contributed by atoms with E-state index in [0.717, 1.165) is 17.9 Å². The van der Waals surface area contributed by atoms with E-state index in [2.05, 4.69) is 17.6 Å². The van der Waals surface area contributed by atoms with E-state index in [4.69, 9.17) is 33.2 Å². The average molecular weight is 722 g/mol. The van der Waals surface area contributed by atoms with Gasteiger partial charge in [0.25, 0.3) is 11.8 Å². The Labute approximate surface area is 302 Å². The van der Waals surface area contributed by atoms with E-state index in [1.807, 2.05) is 0 Å². The van der Waals surface area contributed by atoms with Gasteiger partial charge in [0, 0.05) is 25.3 Å². The molecule has 2 aliphatic heterocycles. The lowest BCUT2D eigenvalue weighted by Gasteiger charge is -2.27. The third-order valence-corrected chi connectivity index (χ3v) is 8.40. The molecule has 1 unspecified atom stereocenters. The Kier molecular flexibility index (Phi) is 22.3. The van der Waals surface area contributed by atoms with Gasteiger partial charge >= 0.3 is 0 Å². The van der Waals surface area contributed by atoms with Crippen molar-refractivity contribution in [2.24, 2.45) is 0 Å². The first-order valence-electron chi connectivity index (χ1n) is 18.7. The van der Waals surface area contributed by atoms with E-state index < -0.39 is 29.7 Å². The largest absolute Gasteiger partial charge is 0.382 e. The van der Waals surface area contributed by atoms with Gasteiger partial charge in [-0.1, -0.05) is 57.9 Å². The van der Waals surface area contributed by atoms with Gasteiger partial charge < -0.3 is 38.5 Å². The molecule has 14 heteroatoms. The number of rotatable bonds is 32. The maximum absolute atomic E-state index is 13.1. The minimum Gasteiger partial charge on any atom is -0.382 e. The fraction of sp³-hybridized carbons (Fsp3) is 0.730. The van der Waals surface area contributed by atoms with E-state index in [0.29, 0.717) is 98.1 Å². The van der Waals surface area contributed by atoms with Crippen molar-refractivity contribution >= 4 is 29.3 Å². The zero-order valence-electron chi connectivity index (χ0n) is 30.4. The summed E-state index contributed by atoms with van der Waals surface area (Å²) in [6.45, 7) is 9.71. The van der Waals surface area contributed by atoms with Crippen LogP contribution in [-0.2, 0) is 42.7 Å². The highest BCUT2D eigenvalue weighted by Gasteiger charge is 2.45. The highest BCUT2D eigenvalue weighted by atomic mass is 16.6. The summed E-state index contributed by atoms with van der Waals surface area (Å²) in [5, 5.41) is 5.34. The summed E-state index contributed by atoms with van der Waals surface area (Å²) in [5.41, 5.74) is 0.931. The zero-order valence-corrected chi connectivity index (χ0v) is 30.4. The van der Waals surface area contributed by atoms with Crippen LogP contribution in [0.3, 0.4) is 0 Å². The van der Waals surface area contributed by atoms with Gasteiger partial charge in [-0.05, 0) is 25.0 Å².